The predicted octanol–water partition coefficient (Wildman–Crippen LogP) is 2.04. The fourth-order valence-corrected chi connectivity index (χ4v) is 5.23. The van der Waals surface area contributed by atoms with Crippen molar-refractivity contribution >= 4 is 34.3 Å². The second-order valence-corrected chi connectivity index (χ2v) is 8.43. The first-order valence-electron chi connectivity index (χ1n) is 9.54. The first-order chi connectivity index (χ1) is 14.1. The quantitative estimate of drug-likeness (QED) is 0.581. The minimum atomic E-state index is -0.768. The number of imide groups is 1. The minimum absolute atomic E-state index is 0.124. The maximum Gasteiger partial charge on any atom is 0.322 e. The van der Waals surface area contributed by atoms with Crippen LogP contribution in [0.5, 0.6) is 0 Å². The number of hydrogen-bond donors (Lipinski definition) is 2. The lowest BCUT2D eigenvalue weighted by Gasteiger charge is -2.28. The summed E-state index contributed by atoms with van der Waals surface area (Å²) in [6.45, 7) is 0. The molecule has 2 heterocycles. The topological polar surface area (TPSA) is 104 Å². The Balaban J connectivity index is 1.40. The first kappa shape index (κ1) is 18.0. The molecule has 1 aromatic heterocycles. The highest BCUT2D eigenvalue weighted by molar-refractivity contribution is 7.13. The number of amides is 4. The van der Waals surface area contributed by atoms with E-state index in [1.165, 1.54) is 21.7 Å². The van der Waals surface area contributed by atoms with Gasteiger partial charge in [-0.15, -0.1) is 10.2 Å². The van der Waals surface area contributed by atoms with Gasteiger partial charge in [0.1, 0.15) is 11.7 Å². The molecule has 1 aromatic carbocycles. The fraction of sp³-hybridized carbons (Fsp3) is 0.350. The van der Waals surface area contributed by atoms with Crippen molar-refractivity contribution in [1.82, 2.24) is 20.4 Å². The standard InChI is InChI=1S/C20H19N5O3S/c26-17-15-12-6-7-13(9-12)16(15)18(27)25(17)14(8-11-4-2-1-3-5-11)22-19(28)23-20-24-21-10-29-20/h1-7,10,12-16H,8-9H2,(H2,22,23,24,28). The molecule has 2 bridgehead atoms. The van der Waals surface area contributed by atoms with E-state index in [4.69, 9.17) is 0 Å². The lowest BCUT2D eigenvalue weighted by Crippen LogP contribution is -2.53. The van der Waals surface area contributed by atoms with Crippen LogP contribution >= 0.6 is 11.3 Å². The van der Waals surface area contributed by atoms with E-state index in [9.17, 15) is 14.4 Å². The van der Waals surface area contributed by atoms with Gasteiger partial charge in [-0.2, -0.15) is 0 Å². The summed E-state index contributed by atoms with van der Waals surface area (Å²) in [5.74, 6) is -0.728. The molecular weight excluding hydrogens is 390 g/mol. The molecule has 3 aliphatic rings. The summed E-state index contributed by atoms with van der Waals surface area (Å²) >= 11 is 1.19. The van der Waals surface area contributed by atoms with Crippen molar-refractivity contribution < 1.29 is 14.4 Å². The number of hydrogen-bond acceptors (Lipinski definition) is 6. The molecular formula is C20H19N5O3S. The third kappa shape index (κ3) is 3.11. The molecule has 1 aliphatic heterocycles. The number of nitrogens with zero attached hydrogens (tertiary/aromatic N) is 3. The monoisotopic (exact) mass is 409 g/mol. The second kappa shape index (κ2) is 7.07. The summed E-state index contributed by atoms with van der Waals surface area (Å²) in [5.41, 5.74) is 2.43. The number of fused-ring (bicyclic) bond motifs is 5. The number of carbonyl (C=O) groups excluding carboxylic acids is 3. The minimum Gasteiger partial charge on any atom is -0.317 e. The number of urea groups is 1. The first-order valence-corrected chi connectivity index (χ1v) is 10.4. The van der Waals surface area contributed by atoms with Crippen LogP contribution in [0.3, 0.4) is 0 Å². The molecule has 5 rings (SSSR count). The van der Waals surface area contributed by atoms with Gasteiger partial charge in [-0.3, -0.25) is 19.8 Å². The van der Waals surface area contributed by atoms with Gasteiger partial charge in [-0.25, -0.2) is 4.79 Å². The van der Waals surface area contributed by atoms with Gasteiger partial charge in [0.25, 0.3) is 0 Å². The number of carbonyl (C=O) groups is 3. The summed E-state index contributed by atoms with van der Waals surface area (Å²) in [4.78, 5) is 40.2. The Morgan fingerprint density at radius 2 is 1.83 bits per heavy atom. The molecule has 8 nitrogen and oxygen atoms in total. The molecule has 2 aliphatic carbocycles. The number of anilines is 1. The molecule has 5 atom stereocenters. The zero-order valence-corrected chi connectivity index (χ0v) is 16.2. The molecule has 9 heteroatoms. The highest BCUT2D eigenvalue weighted by Crippen LogP contribution is 2.52. The third-order valence-corrected chi connectivity index (χ3v) is 6.57. The number of benzene rings is 1. The van der Waals surface area contributed by atoms with Gasteiger partial charge in [-0.05, 0) is 23.8 Å². The Bertz CT molecular complexity index is 947. The van der Waals surface area contributed by atoms with Crippen molar-refractivity contribution in [3.8, 4) is 0 Å². The summed E-state index contributed by atoms with van der Waals surface area (Å²) in [6, 6.07) is 8.97. The van der Waals surface area contributed by atoms with E-state index in [1.807, 2.05) is 30.3 Å². The van der Waals surface area contributed by atoms with Crippen molar-refractivity contribution in [1.29, 1.82) is 0 Å². The van der Waals surface area contributed by atoms with Crippen LogP contribution in [0, 0.1) is 23.7 Å². The van der Waals surface area contributed by atoms with Crippen LogP contribution in [-0.2, 0) is 16.0 Å². The van der Waals surface area contributed by atoms with Crippen LogP contribution in [0.25, 0.3) is 0 Å². The van der Waals surface area contributed by atoms with Crippen LogP contribution in [0.2, 0.25) is 0 Å². The Hall–Kier alpha value is -3.07. The Morgan fingerprint density at radius 1 is 1.14 bits per heavy atom. The highest BCUT2D eigenvalue weighted by Gasteiger charge is 2.60. The van der Waals surface area contributed by atoms with Gasteiger partial charge >= 0.3 is 6.03 Å². The number of likely N-dealkylation sites (tertiary alicyclic amines) is 1. The summed E-state index contributed by atoms with van der Waals surface area (Å²) in [7, 11) is 0. The molecule has 0 spiro atoms. The SMILES string of the molecule is O=C(Nc1nncs1)NC(Cc1ccccc1)N1C(=O)C2C3C=CC(C3)C2C1=O. The number of nitrogens with one attached hydrogen (secondary N) is 2. The molecule has 2 fully saturated rings. The molecule has 1 saturated heterocycles. The Kier molecular flexibility index (Phi) is 4.39. The lowest BCUT2D eigenvalue weighted by molar-refractivity contribution is -0.143. The van der Waals surface area contributed by atoms with Gasteiger partial charge in [0.05, 0.1) is 11.8 Å². The van der Waals surface area contributed by atoms with Crippen molar-refractivity contribution in [2.24, 2.45) is 23.7 Å². The highest BCUT2D eigenvalue weighted by atomic mass is 32.1. The normalized spacial score (nSPS) is 27.9. The molecule has 148 valence electrons. The van der Waals surface area contributed by atoms with Gasteiger partial charge < -0.3 is 5.32 Å². The third-order valence-electron chi connectivity index (χ3n) is 5.97. The molecule has 2 aromatic rings. The van der Waals surface area contributed by atoms with E-state index in [1.54, 1.807) is 0 Å². The van der Waals surface area contributed by atoms with E-state index < -0.39 is 12.2 Å². The van der Waals surface area contributed by atoms with Crippen molar-refractivity contribution in [3.05, 3.63) is 53.6 Å². The summed E-state index contributed by atoms with van der Waals surface area (Å²) in [5, 5.41) is 13.2. The Labute approximate surface area is 171 Å². The van der Waals surface area contributed by atoms with E-state index >= 15 is 0 Å². The Morgan fingerprint density at radius 3 is 2.45 bits per heavy atom. The fourth-order valence-electron chi connectivity index (χ4n) is 4.79. The van der Waals surface area contributed by atoms with E-state index in [-0.39, 0.29) is 35.5 Å². The molecule has 4 amide bonds. The number of rotatable bonds is 5. The van der Waals surface area contributed by atoms with E-state index in [0.29, 0.717) is 11.6 Å². The number of allylic oxidation sites excluding steroid dienone is 2. The van der Waals surface area contributed by atoms with Crippen LogP contribution in [0.1, 0.15) is 12.0 Å². The predicted molar refractivity (Wildman–Crippen MR) is 106 cm³/mol. The summed E-state index contributed by atoms with van der Waals surface area (Å²) < 4.78 is 0. The smallest absolute Gasteiger partial charge is 0.317 e. The van der Waals surface area contributed by atoms with Crippen LogP contribution in [0.4, 0.5) is 9.93 Å². The van der Waals surface area contributed by atoms with Crippen LogP contribution in [0.15, 0.2) is 48.0 Å². The average Bonchev–Trinajstić information content (AvgIpc) is 3.48. The molecule has 29 heavy (non-hydrogen) atoms. The van der Waals surface area contributed by atoms with Crippen molar-refractivity contribution in [2.45, 2.75) is 19.0 Å². The van der Waals surface area contributed by atoms with Crippen LogP contribution < -0.4 is 10.6 Å². The van der Waals surface area contributed by atoms with Crippen molar-refractivity contribution in [2.75, 3.05) is 5.32 Å². The van der Waals surface area contributed by atoms with Gasteiger partial charge in [0.15, 0.2) is 0 Å². The molecule has 5 unspecified atom stereocenters. The zero-order valence-electron chi connectivity index (χ0n) is 15.4. The van der Waals surface area contributed by atoms with Gasteiger partial charge in [0, 0.05) is 6.42 Å². The molecule has 1 saturated carbocycles. The number of aromatic nitrogens is 2. The van der Waals surface area contributed by atoms with E-state index in [0.717, 1.165) is 12.0 Å². The molecule has 0 radical (unpaired) electrons. The average molecular weight is 409 g/mol. The largest absolute Gasteiger partial charge is 0.322 e. The summed E-state index contributed by atoms with van der Waals surface area (Å²) in [6.07, 6.45) is 4.55. The van der Waals surface area contributed by atoms with Gasteiger partial charge in [-0.1, -0.05) is 53.8 Å². The zero-order chi connectivity index (χ0) is 20.0. The maximum absolute atomic E-state index is 13.2. The van der Waals surface area contributed by atoms with E-state index in [2.05, 4.69) is 33.0 Å². The second-order valence-electron chi connectivity index (χ2n) is 7.59. The lowest BCUT2D eigenvalue weighted by atomic mass is 9.85. The van der Waals surface area contributed by atoms with Gasteiger partial charge in [0.2, 0.25) is 16.9 Å². The van der Waals surface area contributed by atoms with Crippen LogP contribution in [-0.4, -0.2) is 39.1 Å². The maximum atomic E-state index is 13.2. The molecule has 2 N–H and O–H groups in total. The van der Waals surface area contributed by atoms with Crippen molar-refractivity contribution in [3.63, 3.8) is 0 Å².